The number of aliphatic carboxylic acids is 2. The van der Waals surface area contributed by atoms with Gasteiger partial charge in [-0.25, -0.2) is 4.79 Å². The fourth-order valence-corrected chi connectivity index (χ4v) is 2.78. The van der Waals surface area contributed by atoms with Crippen LogP contribution in [0, 0.1) is 0 Å². The molecule has 4 amide bonds. The van der Waals surface area contributed by atoms with Crippen LogP contribution in [0.15, 0.2) is 24.3 Å². The predicted octanol–water partition coefficient (Wildman–Crippen LogP) is -3.86. The van der Waals surface area contributed by atoms with E-state index in [1.807, 2.05) is 10.6 Å². The first kappa shape index (κ1) is 28.8. The first-order valence-corrected chi connectivity index (χ1v) is 10.1. The first-order chi connectivity index (χ1) is 16.3. The molecule has 1 aromatic carbocycles. The lowest BCUT2D eigenvalue weighted by Crippen LogP contribution is -2.58. The van der Waals surface area contributed by atoms with Crippen LogP contribution in [-0.2, 0) is 35.2 Å². The lowest BCUT2D eigenvalue weighted by molar-refractivity contribution is -0.145. The van der Waals surface area contributed by atoms with Crippen LogP contribution in [0.2, 0.25) is 0 Å². The summed E-state index contributed by atoms with van der Waals surface area (Å²) in [6, 6.07) is -0.563. The first-order valence-electron chi connectivity index (χ1n) is 10.1. The molecule has 15 nitrogen and oxygen atoms in total. The highest BCUT2D eigenvalue weighted by molar-refractivity contribution is 5.96. The predicted molar refractivity (Wildman–Crippen MR) is 116 cm³/mol. The van der Waals surface area contributed by atoms with Crippen molar-refractivity contribution in [3.63, 3.8) is 0 Å². The summed E-state index contributed by atoms with van der Waals surface area (Å²) >= 11 is 0. The molecule has 1 aromatic rings. The fraction of sp³-hybridized carbons (Fsp3) is 0.400. The average molecular weight is 497 g/mol. The molecule has 1 rings (SSSR count). The summed E-state index contributed by atoms with van der Waals surface area (Å²) in [5.41, 5.74) is 11.3. The van der Waals surface area contributed by atoms with E-state index in [1.165, 1.54) is 24.3 Å². The number of rotatable bonds is 14. The third-order valence-electron chi connectivity index (χ3n) is 4.58. The molecule has 4 atom stereocenters. The summed E-state index contributed by atoms with van der Waals surface area (Å²) in [4.78, 5) is 70.5. The van der Waals surface area contributed by atoms with E-state index in [9.17, 15) is 39.0 Å². The Balaban J connectivity index is 2.85. The Kier molecular flexibility index (Phi) is 11.1. The number of carbonyl (C=O) groups excluding carboxylic acids is 4. The number of hydrogen-bond donors (Lipinski definition) is 9. The van der Waals surface area contributed by atoms with Crippen LogP contribution < -0.4 is 27.4 Å². The number of phenolic OH excluding ortho intramolecular Hbond substituents is 1. The molecule has 192 valence electrons. The molecule has 0 aromatic heterocycles. The molecule has 15 heteroatoms. The van der Waals surface area contributed by atoms with Crippen LogP contribution in [-0.4, -0.2) is 86.8 Å². The topological polar surface area (TPSA) is 271 Å². The van der Waals surface area contributed by atoms with Crippen LogP contribution in [0.1, 0.15) is 18.4 Å². The van der Waals surface area contributed by atoms with E-state index in [2.05, 4.69) is 5.32 Å². The monoisotopic (exact) mass is 497 g/mol. The smallest absolute Gasteiger partial charge is 0.326 e. The Labute approximate surface area is 198 Å². The van der Waals surface area contributed by atoms with Gasteiger partial charge in [-0.1, -0.05) is 12.1 Å². The number of nitrogens with one attached hydrogen (secondary N) is 3. The second-order valence-corrected chi connectivity index (χ2v) is 7.45. The van der Waals surface area contributed by atoms with Crippen LogP contribution in [0.25, 0.3) is 0 Å². The van der Waals surface area contributed by atoms with Gasteiger partial charge in [-0.2, -0.15) is 0 Å². The van der Waals surface area contributed by atoms with Crippen molar-refractivity contribution in [3.05, 3.63) is 29.8 Å². The number of primary amides is 1. The molecule has 35 heavy (non-hydrogen) atoms. The number of aromatic hydroxyl groups is 1. The summed E-state index contributed by atoms with van der Waals surface area (Å²) in [6.45, 7) is -0.940. The van der Waals surface area contributed by atoms with Crippen molar-refractivity contribution in [2.45, 2.75) is 43.4 Å². The molecule has 0 saturated heterocycles. The van der Waals surface area contributed by atoms with E-state index in [0.29, 0.717) is 5.56 Å². The number of benzene rings is 1. The molecular weight excluding hydrogens is 470 g/mol. The minimum absolute atomic E-state index is 0.00745. The number of hydrogen-bond acceptors (Lipinski definition) is 9. The Morgan fingerprint density at radius 2 is 1.31 bits per heavy atom. The highest BCUT2D eigenvalue weighted by atomic mass is 16.4. The molecule has 0 aliphatic heterocycles. The van der Waals surface area contributed by atoms with E-state index in [-0.39, 0.29) is 12.2 Å². The van der Waals surface area contributed by atoms with E-state index >= 15 is 0 Å². The maximum absolute atomic E-state index is 12.5. The van der Waals surface area contributed by atoms with E-state index in [0.717, 1.165) is 0 Å². The minimum Gasteiger partial charge on any atom is -0.508 e. The largest absolute Gasteiger partial charge is 0.508 e. The lowest BCUT2D eigenvalue weighted by Gasteiger charge is -2.23. The number of carboxylic acids is 2. The molecule has 0 heterocycles. The molecule has 11 N–H and O–H groups in total. The summed E-state index contributed by atoms with van der Waals surface area (Å²) in [5, 5.41) is 43.0. The number of aliphatic hydroxyl groups is 1. The number of carboxylic acid groups (broad SMARTS) is 2. The van der Waals surface area contributed by atoms with Gasteiger partial charge in [0, 0.05) is 0 Å². The normalized spacial score (nSPS) is 14.0. The molecule has 0 aliphatic rings. The molecule has 0 spiro atoms. The maximum atomic E-state index is 12.5. The van der Waals surface area contributed by atoms with Gasteiger partial charge in [0.25, 0.3) is 0 Å². The average Bonchev–Trinajstić information content (AvgIpc) is 2.76. The van der Waals surface area contributed by atoms with Crippen molar-refractivity contribution in [1.29, 1.82) is 0 Å². The number of aliphatic hydroxyl groups excluding tert-OH is 1. The van der Waals surface area contributed by atoms with Gasteiger partial charge in [0.2, 0.25) is 23.6 Å². The number of nitrogens with two attached hydrogens (primary N) is 2. The van der Waals surface area contributed by atoms with E-state index in [4.69, 9.17) is 21.7 Å². The second kappa shape index (κ2) is 13.5. The Bertz CT molecular complexity index is 952. The minimum atomic E-state index is -1.81. The van der Waals surface area contributed by atoms with E-state index in [1.54, 1.807) is 0 Å². The van der Waals surface area contributed by atoms with Crippen molar-refractivity contribution in [3.8, 4) is 5.75 Å². The zero-order chi connectivity index (χ0) is 26.7. The highest BCUT2D eigenvalue weighted by Crippen LogP contribution is 2.11. The fourth-order valence-electron chi connectivity index (χ4n) is 2.78. The lowest BCUT2D eigenvalue weighted by atomic mass is 10.1. The summed E-state index contributed by atoms with van der Waals surface area (Å²) in [7, 11) is 0. The third kappa shape index (κ3) is 10.1. The van der Waals surface area contributed by atoms with E-state index < -0.39 is 79.2 Å². The van der Waals surface area contributed by atoms with Crippen LogP contribution >= 0.6 is 0 Å². The number of amides is 4. The van der Waals surface area contributed by atoms with Gasteiger partial charge in [-0.15, -0.1) is 0 Å². The molecule has 4 unspecified atom stereocenters. The van der Waals surface area contributed by atoms with Crippen molar-refractivity contribution in [1.82, 2.24) is 16.0 Å². The maximum Gasteiger partial charge on any atom is 0.326 e. The summed E-state index contributed by atoms with van der Waals surface area (Å²) in [6.07, 6.45) is -1.75. The standard InChI is InChI=1S/C20H27N5O10/c21-11(5-9-1-3-10(27)4-2-9)17(31)25-14(8-26)19(33)23-12(7-16(29)30)18(32)24-13(20(34)35)6-15(22)28/h1-4,11-14,26-27H,5-8,21H2,(H2,22,28)(H,23,33)(H,24,32)(H,25,31)(H,29,30)(H,34,35). The Morgan fingerprint density at radius 1 is 0.800 bits per heavy atom. The van der Waals surface area contributed by atoms with Gasteiger partial charge in [-0.05, 0) is 24.1 Å². The Morgan fingerprint density at radius 3 is 1.80 bits per heavy atom. The molecule has 0 radical (unpaired) electrons. The Hall–Kier alpha value is -4.24. The van der Waals surface area contributed by atoms with Crippen LogP contribution in [0.4, 0.5) is 0 Å². The van der Waals surface area contributed by atoms with Crippen LogP contribution in [0.3, 0.4) is 0 Å². The van der Waals surface area contributed by atoms with Crippen LogP contribution in [0.5, 0.6) is 5.75 Å². The van der Waals surface area contributed by atoms with Crippen molar-refractivity contribution < 1.29 is 49.2 Å². The molecular formula is C20H27N5O10. The van der Waals surface area contributed by atoms with Crippen molar-refractivity contribution in [2.24, 2.45) is 11.5 Å². The summed E-state index contributed by atoms with van der Waals surface area (Å²) in [5.74, 6) is -7.45. The quantitative estimate of drug-likeness (QED) is 0.120. The van der Waals surface area contributed by atoms with Gasteiger partial charge >= 0.3 is 11.9 Å². The SMILES string of the molecule is NC(=O)CC(NC(=O)C(CC(=O)O)NC(=O)C(CO)NC(=O)C(N)Cc1ccc(O)cc1)C(=O)O. The molecule has 0 fully saturated rings. The van der Waals surface area contributed by atoms with Gasteiger partial charge in [0.05, 0.1) is 25.5 Å². The van der Waals surface area contributed by atoms with Crippen molar-refractivity contribution >= 4 is 35.6 Å². The second-order valence-electron chi connectivity index (χ2n) is 7.45. The number of carbonyl (C=O) groups is 6. The van der Waals surface area contributed by atoms with Crippen molar-refractivity contribution in [2.75, 3.05) is 6.61 Å². The number of phenols is 1. The molecule has 0 saturated carbocycles. The zero-order valence-electron chi connectivity index (χ0n) is 18.3. The highest BCUT2D eigenvalue weighted by Gasteiger charge is 2.32. The molecule has 0 bridgehead atoms. The summed E-state index contributed by atoms with van der Waals surface area (Å²) < 4.78 is 0. The van der Waals surface area contributed by atoms with Gasteiger partial charge < -0.3 is 47.8 Å². The molecule has 0 aliphatic carbocycles. The van der Waals surface area contributed by atoms with Gasteiger partial charge in [-0.3, -0.25) is 24.0 Å². The zero-order valence-corrected chi connectivity index (χ0v) is 18.3. The van der Waals surface area contributed by atoms with Gasteiger partial charge in [0.1, 0.15) is 23.9 Å². The van der Waals surface area contributed by atoms with Gasteiger partial charge in [0.15, 0.2) is 0 Å². The third-order valence-corrected chi connectivity index (χ3v) is 4.58.